The molecule has 0 atom stereocenters. The van der Waals surface area contributed by atoms with E-state index in [0.29, 0.717) is 19.5 Å². The Labute approximate surface area is 107 Å². The van der Waals surface area contributed by atoms with Crippen LogP contribution in [0.3, 0.4) is 0 Å². The third-order valence-corrected chi connectivity index (χ3v) is 2.90. The SMILES string of the molecule is O=C(Cc1ccccc1)NCCNC(=O)C1CC1. The molecule has 2 rings (SSSR count). The predicted octanol–water partition coefficient (Wildman–Crippen LogP) is 0.871. The van der Waals surface area contributed by atoms with E-state index in [1.165, 1.54) is 0 Å². The Kier molecular flexibility index (Phi) is 4.34. The van der Waals surface area contributed by atoms with Crippen molar-refractivity contribution in [1.29, 1.82) is 0 Å². The summed E-state index contributed by atoms with van der Waals surface area (Å²) in [5.41, 5.74) is 0.997. The van der Waals surface area contributed by atoms with Gasteiger partial charge in [-0.2, -0.15) is 0 Å². The number of hydrogen-bond acceptors (Lipinski definition) is 2. The molecule has 96 valence electrons. The number of amides is 2. The average Bonchev–Trinajstić information content (AvgIpc) is 3.20. The molecule has 2 amide bonds. The van der Waals surface area contributed by atoms with Crippen molar-refractivity contribution in [2.45, 2.75) is 19.3 Å². The van der Waals surface area contributed by atoms with Gasteiger partial charge in [-0.05, 0) is 18.4 Å². The van der Waals surface area contributed by atoms with Gasteiger partial charge in [-0.3, -0.25) is 9.59 Å². The second kappa shape index (κ2) is 6.19. The van der Waals surface area contributed by atoms with Crippen LogP contribution in [0, 0.1) is 5.92 Å². The second-order valence-electron chi connectivity index (χ2n) is 4.58. The van der Waals surface area contributed by atoms with E-state index in [1.807, 2.05) is 30.3 Å². The lowest BCUT2D eigenvalue weighted by Crippen LogP contribution is -2.35. The van der Waals surface area contributed by atoms with Gasteiger partial charge in [0.2, 0.25) is 11.8 Å². The summed E-state index contributed by atoms with van der Waals surface area (Å²) < 4.78 is 0. The van der Waals surface area contributed by atoms with Crippen molar-refractivity contribution in [1.82, 2.24) is 10.6 Å². The van der Waals surface area contributed by atoms with E-state index in [4.69, 9.17) is 0 Å². The van der Waals surface area contributed by atoms with Crippen molar-refractivity contribution in [2.24, 2.45) is 5.92 Å². The summed E-state index contributed by atoms with van der Waals surface area (Å²) in [4.78, 5) is 22.9. The highest BCUT2D eigenvalue weighted by Crippen LogP contribution is 2.28. The topological polar surface area (TPSA) is 58.2 Å². The minimum atomic E-state index is -0.0122. The zero-order valence-electron chi connectivity index (χ0n) is 10.3. The van der Waals surface area contributed by atoms with Crippen molar-refractivity contribution in [2.75, 3.05) is 13.1 Å². The Morgan fingerprint density at radius 3 is 2.39 bits per heavy atom. The first-order valence-electron chi connectivity index (χ1n) is 6.34. The van der Waals surface area contributed by atoms with Crippen LogP contribution in [0.25, 0.3) is 0 Å². The normalized spacial score (nSPS) is 14.0. The molecule has 1 aromatic carbocycles. The van der Waals surface area contributed by atoms with Gasteiger partial charge in [-0.25, -0.2) is 0 Å². The van der Waals surface area contributed by atoms with Crippen LogP contribution in [0.1, 0.15) is 18.4 Å². The lowest BCUT2D eigenvalue weighted by molar-refractivity contribution is -0.123. The quantitative estimate of drug-likeness (QED) is 0.732. The first-order chi connectivity index (χ1) is 8.75. The molecular formula is C14H18N2O2. The molecule has 0 heterocycles. The van der Waals surface area contributed by atoms with E-state index in [0.717, 1.165) is 18.4 Å². The van der Waals surface area contributed by atoms with Crippen molar-refractivity contribution in [3.8, 4) is 0 Å². The molecule has 1 fully saturated rings. The highest BCUT2D eigenvalue weighted by molar-refractivity contribution is 5.81. The zero-order chi connectivity index (χ0) is 12.8. The summed E-state index contributed by atoms with van der Waals surface area (Å²) in [6.07, 6.45) is 2.40. The molecule has 0 saturated heterocycles. The average molecular weight is 246 g/mol. The molecule has 1 aliphatic carbocycles. The minimum Gasteiger partial charge on any atom is -0.354 e. The molecule has 0 bridgehead atoms. The van der Waals surface area contributed by atoms with Crippen LogP contribution in [-0.4, -0.2) is 24.9 Å². The van der Waals surface area contributed by atoms with E-state index in [-0.39, 0.29) is 17.7 Å². The maximum absolute atomic E-state index is 11.6. The number of carbonyl (C=O) groups excluding carboxylic acids is 2. The molecule has 4 heteroatoms. The van der Waals surface area contributed by atoms with Crippen molar-refractivity contribution < 1.29 is 9.59 Å². The van der Waals surface area contributed by atoms with E-state index in [9.17, 15) is 9.59 Å². The number of nitrogens with one attached hydrogen (secondary N) is 2. The molecule has 0 spiro atoms. The number of carbonyl (C=O) groups is 2. The van der Waals surface area contributed by atoms with Crippen LogP contribution in [0.15, 0.2) is 30.3 Å². The van der Waals surface area contributed by atoms with Crippen LogP contribution in [0.5, 0.6) is 0 Å². The van der Waals surface area contributed by atoms with Crippen molar-refractivity contribution in [3.05, 3.63) is 35.9 Å². The molecule has 2 N–H and O–H groups in total. The monoisotopic (exact) mass is 246 g/mol. The zero-order valence-corrected chi connectivity index (χ0v) is 10.3. The van der Waals surface area contributed by atoms with Crippen LogP contribution in [-0.2, 0) is 16.0 Å². The fourth-order valence-corrected chi connectivity index (χ4v) is 1.72. The van der Waals surface area contributed by atoms with Gasteiger partial charge in [0.15, 0.2) is 0 Å². The molecule has 4 nitrogen and oxygen atoms in total. The number of benzene rings is 1. The molecule has 0 aliphatic heterocycles. The van der Waals surface area contributed by atoms with Crippen molar-refractivity contribution in [3.63, 3.8) is 0 Å². The third kappa shape index (κ3) is 4.20. The Bertz CT molecular complexity index is 413. The smallest absolute Gasteiger partial charge is 0.224 e. The van der Waals surface area contributed by atoms with Crippen molar-refractivity contribution >= 4 is 11.8 Å². The second-order valence-corrected chi connectivity index (χ2v) is 4.58. The van der Waals surface area contributed by atoms with E-state index in [1.54, 1.807) is 0 Å². The molecule has 0 unspecified atom stereocenters. The summed E-state index contributed by atoms with van der Waals surface area (Å²) >= 11 is 0. The molecule has 1 aliphatic rings. The Morgan fingerprint density at radius 2 is 1.72 bits per heavy atom. The highest BCUT2D eigenvalue weighted by Gasteiger charge is 2.28. The molecular weight excluding hydrogens is 228 g/mol. The largest absolute Gasteiger partial charge is 0.354 e. The summed E-state index contributed by atoms with van der Waals surface area (Å²) in [7, 11) is 0. The standard InChI is InChI=1S/C14H18N2O2/c17-13(10-11-4-2-1-3-5-11)15-8-9-16-14(18)12-6-7-12/h1-5,12H,6-10H2,(H,15,17)(H,16,18). The number of rotatable bonds is 6. The van der Waals surface area contributed by atoms with E-state index < -0.39 is 0 Å². The van der Waals surface area contributed by atoms with Crippen LogP contribution in [0.2, 0.25) is 0 Å². The van der Waals surface area contributed by atoms with Gasteiger partial charge >= 0.3 is 0 Å². The summed E-state index contributed by atoms with van der Waals surface area (Å²) in [5, 5.41) is 5.60. The number of hydrogen-bond donors (Lipinski definition) is 2. The molecule has 18 heavy (non-hydrogen) atoms. The first-order valence-corrected chi connectivity index (χ1v) is 6.34. The summed E-state index contributed by atoms with van der Waals surface area (Å²) in [5.74, 6) is 0.333. The van der Waals surface area contributed by atoms with Crippen LogP contribution < -0.4 is 10.6 Å². The van der Waals surface area contributed by atoms with Gasteiger partial charge in [0.05, 0.1) is 6.42 Å². The van der Waals surface area contributed by atoms with Crippen LogP contribution in [0.4, 0.5) is 0 Å². The van der Waals surface area contributed by atoms with Gasteiger partial charge in [0.25, 0.3) is 0 Å². The van der Waals surface area contributed by atoms with Gasteiger partial charge in [-0.1, -0.05) is 30.3 Å². The lowest BCUT2D eigenvalue weighted by Gasteiger charge is -2.06. The van der Waals surface area contributed by atoms with Crippen LogP contribution >= 0.6 is 0 Å². The predicted molar refractivity (Wildman–Crippen MR) is 68.9 cm³/mol. The Hall–Kier alpha value is -1.84. The molecule has 1 aromatic rings. The van der Waals surface area contributed by atoms with Gasteiger partial charge in [-0.15, -0.1) is 0 Å². The first kappa shape index (κ1) is 12.6. The fraction of sp³-hybridized carbons (Fsp3) is 0.429. The summed E-state index contributed by atoms with van der Waals surface area (Å²) in [6, 6.07) is 9.61. The fourth-order valence-electron chi connectivity index (χ4n) is 1.72. The third-order valence-electron chi connectivity index (χ3n) is 2.90. The molecule has 0 radical (unpaired) electrons. The Morgan fingerprint density at radius 1 is 1.06 bits per heavy atom. The molecule has 1 saturated carbocycles. The summed E-state index contributed by atoms with van der Waals surface area (Å²) in [6.45, 7) is 1.000. The van der Waals surface area contributed by atoms with Gasteiger partial charge < -0.3 is 10.6 Å². The Balaban J connectivity index is 1.58. The highest BCUT2D eigenvalue weighted by atomic mass is 16.2. The van der Waals surface area contributed by atoms with E-state index in [2.05, 4.69) is 10.6 Å². The maximum Gasteiger partial charge on any atom is 0.224 e. The van der Waals surface area contributed by atoms with E-state index >= 15 is 0 Å². The maximum atomic E-state index is 11.6. The van der Waals surface area contributed by atoms with Gasteiger partial charge in [0.1, 0.15) is 0 Å². The molecule has 0 aromatic heterocycles. The lowest BCUT2D eigenvalue weighted by atomic mass is 10.1. The van der Waals surface area contributed by atoms with Gasteiger partial charge in [0, 0.05) is 19.0 Å². The minimum absolute atomic E-state index is 0.0122.